The summed E-state index contributed by atoms with van der Waals surface area (Å²) in [5.74, 6) is 0.861. The van der Waals surface area contributed by atoms with Gasteiger partial charge in [-0.2, -0.15) is 0 Å². The quantitative estimate of drug-likeness (QED) is 0.771. The molecule has 0 atom stereocenters. The monoisotopic (exact) mass is 299 g/mol. The third-order valence-electron chi connectivity index (χ3n) is 2.60. The van der Waals surface area contributed by atoms with Crippen LogP contribution in [0.2, 0.25) is 5.02 Å². The average molecular weight is 300 g/mol. The summed E-state index contributed by atoms with van der Waals surface area (Å²) in [6, 6.07) is 6.12. The second-order valence-corrected chi connectivity index (χ2v) is 6.53. The van der Waals surface area contributed by atoms with Crippen molar-refractivity contribution in [2.45, 2.75) is 52.8 Å². The van der Waals surface area contributed by atoms with Crippen LogP contribution in [0.3, 0.4) is 0 Å². The summed E-state index contributed by atoms with van der Waals surface area (Å²) in [6.45, 7) is 12.2. The molecule has 0 aliphatic rings. The highest BCUT2D eigenvalue weighted by atomic mass is 35.5. The Labute approximate surface area is 127 Å². The minimum absolute atomic E-state index is 0.134. The Hall–Kier alpha value is -0.770. The lowest BCUT2D eigenvalue weighted by Crippen LogP contribution is -2.24. The topological polar surface area (TPSA) is 30.5 Å². The molecule has 114 valence electrons. The van der Waals surface area contributed by atoms with Crippen LogP contribution in [0.4, 0.5) is 0 Å². The van der Waals surface area contributed by atoms with E-state index in [0.29, 0.717) is 19.3 Å². The van der Waals surface area contributed by atoms with Gasteiger partial charge in [-0.25, -0.2) is 0 Å². The van der Waals surface area contributed by atoms with Gasteiger partial charge in [-0.05, 0) is 39.0 Å². The first kappa shape index (κ1) is 17.3. The van der Waals surface area contributed by atoms with Crippen LogP contribution in [0.5, 0.6) is 5.75 Å². The normalized spacial score (nSPS) is 11.9. The summed E-state index contributed by atoms with van der Waals surface area (Å²) in [4.78, 5) is 0. The van der Waals surface area contributed by atoms with Crippen molar-refractivity contribution in [3.05, 3.63) is 28.8 Å². The predicted molar refractivity (Wildman–Crippen MR) is 84.6 cm³/mol. The van der Waals surface area contributed by atoms with Gasteiger partial charge in [-0.3, -0.25) is 0 Å². The number of rotatable bonds is 7. The summed E-state index contributed by atoms with van der Waals surface area (Å²) in [5.41, 5.74) is 0.938. The van der Waals surface area contributed by atoms with Gasteiger partial charge in [0.05, 0.1) is 12.2 Å². The number of hydrogen-bond donors (Lipinski definition) is 1. The van der Waals surface area contributed by atoms with Crippen LogP contribution in [0.1, 0.15) is 40.2 Å². The van der Waals surface area contributed by atoms with Crippen molar-refractivity contribution in [3.8, 4) is 5.75 Å². The van der Waals surface area contributed by atoms with Crippen LogP contribution in [-0.4, -0.2) is 24.9 Å². The molecule has 0 bridgehead atoms. The summed E-state index contributed by atoms with van der Waals surface area (Å²) < 4.78 is 11.4. The Kier molecular flexibility index (Phi) is 6.80. The lowest BCUT2D eigenvalue weighted by atomic mass is 10.2. The molecule has 1 aromatic rings. The Morgan fingerprint density at radius 1 is 1.20 bits per heavy atom. The number of nitrogens with one attached hydrogen (secondary N) is 1. The average Bonchev–Trinajstić information content (AvgIpc) is 2.32. The summed E-state index contributed by atoms with van der Waals surface area (Å²) in [7, 11) is 0. The maximum absolute atomic E-state index is 6.05. The molecule has 0 amide bonds. The van der Waals surface area contributed by atoms with Crippen molar-refractivity contribution in [1.29, 1.82) is 0 Å². The lowest BCUT2D eigenvalue weighted by Gasteiger charge is -2.20. The fourth-order valence-electron chi connectivity index (χ4n) is 1.64. The Balaban J connectivity index is 2.55. The molecule has 0 fully saturated rings. The fourth-order valence-corrected chi connectivity index (χ4v) is 1.84. The number of halogens is 1. The molecule has 20 heavy (non-hydrogen) atoms. The Morgan fingerprint density at radius 3 is 2.50 bits per heavy atom. The molecular formula is C16H26ClNO2. The van der Waals surface area contributed by atoms with Crippen LogP contribution in [0, 0.1) is 0 Å². The van der Waals surface area contributed by atoms with Crippen LogP contribution in [0.25, 0.3) is 0 Å². The Bertz CT molecular complexity index is 413. The van der Waals surface area contributed by atoms with Gasteiger partial charge in [0, 0.05) is 23.2 Å². The van der Waals surface area contributed by atoms with Crippen LogP contribution in [0.15, 0.2) is 18.2 Å². The van der Waals surface area contributed by atoms with E-state index in [1.807, 2.05) is 39.0 Å². The van der Waals surface area contributed by atoms with E-state index in [1.54, 1.807) is 0 Å². The van der Waals surface area contributed by atoms with E-state index < -0.39 is 0 Å². The smallest absolute Gasteiger partial charge is 0.124 e. The van der Waals surface area contributed by atoms with Gasteiger partial charge in [0.1, 0.15) is 12.4 Å². The van der Waals surface area contributed by atoms with E-state index in [9.17, 15) is 0 Å². The highest BCUT2D eigenvalue weighted by Crippen LogP contribution is 2.23. The molecule has 0 unspecified atom stereocenters. The van der Waals surface area contributed by atoms with Gasteiger partial charge in [-0.1, -0.05) is 25.4 Å². The first-order chi connectivity index (χ1) is 9.28. The highest BCUT2D eigenvalue weighted by molar-refractivity contribution is 6.30. The van der Waals surface area contributed by atoms with Crippen LogP contribution >= 0.6 is 11.6 Å². The van der Waals surface area contributed by atoms with E-state index in [0.717, 1.165) is 22.9 Å². The summed E-state index contributed by atoms with van der Waals surface area (Å²) >= 11 is 6.05. The van der Waals surface area contributed by atoms with E-state index in [1.165, 1.54) is 0 Å². The maximum Gasteiger partial charge on any atom is 0.124 e. The third kappa shape index (κ3) is 7.13. The molecule has 0 saturated carbocycles. The van der Waals surface area contributed by atoms with Crippen LogP contribution in [-0.2, 0) is 11.3 Å². The molecule has 3 nitrogen and oxygen atoms in total. The van der Waals surface area contributed by atoms with E-state index in [2.05, 4.69) is 19.2 Å². The minimum Gasteiger partial charge on any atom is -0.491 e. The van der Waals surface area contributed by atoms with Gasteiger partial charge < -0.3 is 14.8 Å². The van der Waals surface area contributed by atoms with Crippen molar-refractivity contribution in [3.63, 3.8) is 0 Å². The molecule has 0 spiro atoms. The van der Waals surface area contributed by atoms with Gasteiger partial charge >= 0.3 is 0 Å². The molecule has 4 heteroatoms. The molecule has 0 aromatic heterocycles. The van der Waals surface area contributed by atoms with Crippen molar-refractivity contribution < 1.29 is 9.47 Å². The highest BCUT2D eigenvalue weighted by Gasteiger charge is 2.10. The second-order valence-electron chi connectivity index (χ2n) is 6.10. The molecule has 1 aromatic carbocycles. The maximum atomic E-state index is 6.05. The Morgan fingerprint density at radius 2 is 1.90 bits per heavy atom. The van der Waals surface area contributed by atoms with Gasteiger partial charge in [0.25, 0.3) is 0 Å². The van der Waals surface area contributed by atoms with Gasteiger partial charge in [0.15, 0.2) is 0 Å². The third-order valence-corrected chi connectivity index (χ3v) is 2.83. The first-order valence-electron chi connectivity index (χ1n) is 7.06. The largest absolute Gasteiger partial charge is 0.491 e. The zero-order valence-corrected chi connectivity index (χ0v) is 13.9. The van der Waals surface area contributed by atoms with Crippen LogP contribution < -0.4 is 10.1 Å². The van der Waals surface area contributed by atoms with Gasteiger partial charge in [0.2, 0.25) is 0 Å². The molecule has 0 radical (unpaired) electrons. The summed E-state index contributed by atoms with van der Waals surface area (Å²) in [5, 5.41) is 4.10. The minimum atomic E-state index is -0.134. The van der Waals surface area contributed by atoms with E-state index in [-0.39, 0.29) is 5.60 Å². The zero-order valence-electron chi connectivity index (χ0n) is 13.1. The lowest BCUT2D eigenvalue weighted by molar-refractivity contribution is -0.0164. The first-order valence-corrected chi connectivity index (χ1v) is 7.44. The predicted octanol–water partition coefficient (Wildman–Crippen LogP) is 4.03. The van der Waals surface area contributed by atoms with Crippen molar-refractivity contribution in [2.75, 3.05) is 13.2 Å². The molecule has 0 saturated heterocycles. The molecule has 0 heterocycles. The number of hydrogen-bond acceptors (Lipinski definition) is 3. The fraction of sp³-hybridized carbons (Fsp3) is 0.625. The SMILES string of the molecule is CC(C)NCc1cc(Cl)ccc1OCCOC(C)(C)C. The van der Waals surface area contributed by atoms with E-state index in [4.69, 9.17) is 21.1 Å². The van der Waals surface area contributed by atoms with Crippen molar-refractivity contribution in [1.82, 2.24) is 5.32 Å². The molecule has 1 rings (SSSR count). The van der Waals surface area contributed by atoms with Crippen molar-refractivity contribution in [2.24, 2.45) is 0 Å². The molecular weight excluding hydrogens is 274 g/mol. The van der Waals surface area contributed by atoms with Gasteiger partial charge in [-0.15, -0.1) is 0 Å². The number of benzene rings is 1. The second kappa shape index (κ2) is 7.87. The molecule has 0 aliphatic heterocycles. The zero-order chi connectivity index (χ0) is 15.2. The number of ether oxygens (including phenoxy) is 2. The summed E-state index contributed by atoms with van der Waals surface area (Å²) in [6.07, 6.45) is 0. The molecule has 0 aliphatic carbocycles. The van der Waals surface area contributed by atoms with Crippen molar-refractivity contribution >= 4 is 11.6 Å². The van der Waals surface area contributed by atoms with E-state index >= 15 is 0 Å². The standard InChI is InChI=1S/C16H26ClNO2/c1-12(2)18-11-13-10-14(17)6-7-15(13)19-8-9-20-16(3,4)5/h6-7,10,12,18H,8-9,11H2,1-5H3. The molecule has 1 N–H and O–H groups in total.